The number of benzene rings is 1. The Hall–Kier alpha value is -1.86. The number of nitrogens with zero attached hydrogens (tertiary/aromatic N) is 1. The zero-order chi connectivity index (χ0) is 18.8. The first-order valence-electron chi connectivity index (χ1n) is 7.88. The Morgan fingerprint density at radius 3 is 2.48 bits per heavy atom. The van der Waals surface area contributed by atoms with Gasteiger partial charge in [-0.15, -0.1) is 0 Å². The average molecular weight is 385 g/mol. The fourth-order valence-electron chi connectivity index (χ4n) is 2.08. The fourth-order valence-corrected chi connectivity index (χ4v) is 3.59. The Bertz CT molecular complexity index is 857. The van der Waals surface area contributed by atoms with Crippen LogP contribution >= 0.6 is 11.6 Å². The molecule has 0 aliphatic rings. The van der Waals surface area contributed by atoms with Gasteiger partial charge in [-0.25, -0.2) is 8.42 Å². The van der Waals surface area contributed by atoms with Crippen molar-refractivity contribution in [1.82, 2.24) is 5.16 Å². The van der Waals surface area contributed by atoms with E-state index in [1.807, 2.05) is 13.8 Å². The van der Waals surface area contributed by atoms with Gasteiger partial charge in [0, 0.05) is 17.0 Å². The van der Waals surface area contributed by atoms with E-state index in [4.69, 9.17) is 16.1 Å². The Labute approximate surface area is 152 Å². The summed E-state index contributed by atoms with van der Waals surface area (Å²) >= 11 is 5.79. The van der Waals surface area contributed by atoms with Crippen LogP contribution in [0, 0.1) is 0 Å². The summed E-state index contributed by atoms with van der Waals surface area (Å²) in [6.07, 6.45) is 0.871. The molecular weight excluding hydrogens is 364 g/mol. The lowest BCUT2D eigenvalue weighted by Gasteiger charge is -2.23. The van der Waals surface area contributed by atoms with E-state index in [2.05, 4.69) is 10.5 Å². The molecule has 136 valence electrons. The van der Waals surface area contributed by atoms with Gasteiger partial charge in [-0.05, 0) is 44.5 Å². The second-order valence-corrected chi connectivity index (χ2v) is 9.28. The molecule has 0 radical (unpaired) electrons. The lowest BCUT2D eigenvalue weighted by molar-refractivity contribution is -0.118. The van der Waals surface area contributed by atoms with E-state index in [1.165, 1.54) is 38.1 Å². The first-order valence-corrected chi connectivity index (χ1v) is 9.74. The summed E-state index contributed by atoms with van der Waals surface area (Å²) in [5.74, 6) is -0.394. The maximum Gasteiger partial charge on any atom is 0.248 e. The van der Waals surface area contributed by atoms with Crippen LogP contribution in [0.15, 0.2) is 39.8 Å². The van der Waals surface area contributed by atoms with Gasteiger partial charge in [-0.2, -0.15) is 0 Å². The molecule has 25 heavy (non-hydrogen) atoms. The normalized spacial score (nSPS) is 13.5. The van der Waals surface area contributed by atoms with Gasteiger partial charge in [0.1, 0.15) is 4.75 Å². The van der Waals surface area contributed by atoms with Gasteiger partial charge in [0.2, 0.25) is 11.8 Å². The number of hydrogen-bond acceptors (Lipinski definition) is 5. The number of carbonyl (C=O) groups excluding carboxylic acids is 1. The summed E-state index contributed by atoms with van der Waals surface area (Å²) in [6.45, 7) is 6.69. The maximum absolute atomic E-state index is 12.8. The molecule has 0 spiro atoms. The highest BCUT2D eigenvalue weighted by Gasteiger charge is 2.43. The summed E-state index contributed by atoms with van der Waals surface area (Å²) in [4.78, 5) is 12.6. The molecule has 6 nitrogen and oxygen atoms in total. The molecule has 0 saturated carbocycles. The third-order valence-electron chi connectivity index (χ3n) is 4.22. The third-order valence-corrected chi connectivity index (χ3v) is 6.90. The number of carbonyl (C=O) groups is 1. The Balaban J connectivity index is 2.24. The van der Waals surface area contributed by atoms with E-state index < -0.39 is 20.5 Å². The molecule has 8 heteroatoms. The second-order valence-electron chi connectivity index (χ2n) is 6.35. The summed E-state index contributed by atoms with van der Waals surface area (Å²) in [5, 5.41) is 6.81. The van der Waals surface area contributed by atoms with Crippen LogP contribution in [0.25, 0.3) is 0 Å². The highest BCUT2D eigenvalue weighted by atomic mass is 35.5. The third kappa shape index (κ3) is 3.88. The number of nitrogens with one attached hydrogen (secondary N) is 1. The molecule has 1 unspecified atom stereocenters. The van der Waals surface area contributed by atoms with Crippen LogP contribution in [0.1, 0.15) is 45.7 Å². The molecule has 1 aromatic carbocycles. The molecule has 1 aromatic heterocycles. The predicted octanol–water partition coefficient (Wildman–Crippen LogP) is 4.03. The topological polar surface area (TPSA) is 89.3 Å². The lowest BCUT2D eigenvalue weighted by Crippen LogP contribution is -2.44. The quantitative estimate of drug-likeness (QED) is 0.811. The van der Waals surface area contributed by atoms with E-state index in [9.17, 15) is 13.2 Å². The maximum atomic E-state index is 12.8. The van der Waals surface area contributed by atoms with Crippen molar-refractivity contribution >= 4 is 33.2 Å². The van der Waals surface area contributed by atoms with E-state index >= 15 is 0 Å². The molecule has 0 saturated heterocycles. The van der Waals surface area contributed by atoms with Crippen LogP contribution in [0.4, 0.5) is 5.88 Å². The van der Waals surface area contributed by atoms with Crippen LogP contribution in [0.3, 0.4) is 0 Å². The highest BCUT2D eigenvalue weighted by molar-refractivity contribution is 7.93. The van der Waals surface area contributed by atoms with Crippen LogP contribution in [-0.2, 0) is 14.6 Å². The largest absolute Gasteiger partial charge is 0.338 e. The average Bonchev–Trinajstić information content (AvgIpc) is 3.02. The van der Waals surface area contributed by atoms with E-state index in [1.54, 1.807) is 6.07 Å². The number of sulfone groups is 1. The molecular formula is C17H21ClN2O4S. The number of anilines is 1. The highest BCUT2D eigenvalue weighted by Crippen LogP contribution is 2.28. The van der Waals surface area contributed by atoms with Gasteiger partial charge >= 0.3 is 0 Å². The van der Waals surface area contributed by atoms with Crippen molar-refractivity contribution < 1.29 is 17.7 Å². The van der Waals surface area contributed by atoms with Gasteiger partial charge in [-0.1, -0.05) is 30.6 Å². The van der Waals surface area contributed by atoms with Crippen LogP contribution in [0.5, 0.6) is 0 Å². The van der Waals surface area contributed by atoms with Crippen molar-refractivity contribution in [3.05, 3.63) is 41.0 Å². The lowest BCUT2D eigenvalue weighted by atomic mass is 10.1. The Kier molecular flexibility index (Phi) is 5.58. The molecule has 1 amide bonds. The van der Waals surface area contributed by atoms with Crippen molar-refractivity contribution in [3.8, 4) is 0 Å². The molecule has 2 rings (SSSR count). The van der Waals surface area contributed by atoms with Gasteiger partial charge in [0.05, 0.1) is 10.6 Å². The molecule has 2 aromatic rings. The van der Waals surface area contributed by atoms with Gasteiger partial charge in [-0.3, -0.25) is 10.1 Å². The van der Waals surface area contributed by atoms with Gasteiger partial charge in [0.15, 0.2) is 9.84 Å². The zero-order valence-electron chi connectivity index (χ0n) is 14.5. The van der Waals surface area contributed by atoms with Gasteiger partial charge in [0.25, 0.3) is 0 Å². The van der Waals surface area contributed by atoms with Crippen molar-refractivity contribution in [2.75, 3.05) is 5.32 Å². The van der Waals surface area contributed by atoms with Crippen LogP contribution in [-0.4, -0.2) is 24.2 Å². The monoisotopic (exact) mass is 384 g/mol. The predicted molar refractivity (Wildman–Crippen MR) is 96.6 cm³/mol. The minimum atomic E-state index is -3.92. The van der Waals surface area contributed by atoms with Crippen LogP contribution < -0.4 is 5.32 Å². The molecule has 1 N–H and O–H groups in total. The van der Waals surface area contributed by atoms with Crippen molar-refractivity contribution in [3.63, 3.8) is 0 Å². The standard InChI is InChI=1S/C17H21ClN2O4S/c1-5-11(2)14-10-15(24-20-14)19-16(21)17(3,4)25(22,23)13-8-6-12(18)7-9-13/h6-11H,5H2,1-4H3,(H,19,21). The smallest absolute Gasteiger partial charge is 0.248 e. The van der Waals surface area contributed by atoms with E-state index in [-0.39, 0.29) is 16.7 Å². The molecule has 0 fully saturated rings. The number of hydrogen-bond donors (Lipinski definition) is 1. The summed E-state index contributed by atoms with van der Waals surface area (Å²) in [5.41, 5.74) is 0.705. The first-order chi connectivity index (χ1) is 11.6. The Morgan fingerprint density at radius 1 is 1.32 bits per heavy atom. The SMILES string of the molecule is CCC(C)c1cc(NC(=O)C(C)(C)S(=O)(=O)c2ccc(Cl)cc2)on1. The summed E-state index contributed by atoms with van der Waals surface area (Å²) < 4.78 is 29.0. The molecule has 0 aliphatic carbocycles. The first kappa shape index (κ1) is 19.5. The molecule has 0 aliphatic heterocycles. The van der Waals surface area contributed by atoms with E-state index in [0.717, 1.165) is 6.42 Å². The molecule has 1 heterocycles. The number of aromatic nitrogens is 1. The summed E-state index contributed by atoms with van der Waals surface area (Å²) in [7, 11) is -3.92. The minimum Gasteiger partial charge on any atom is -0.338 e. The summed E-state index contributed by atoms with van der Waals surface area (Å²) in [6, 6.07) is 7.30. The van der Waals surface area contributed by atoms with Crippen molar-refractivity contribution in [2.45, 2.75) is 49.7 Å². The van der Waals surface area contributed by atoms with Crippen molar-refractivity contribution in [2.24, 2.45) is 0 Å². The molecule has 0 bridgehead atoms. The van der Waals surface area contributed by atoms with E-state index in [0.29, 0.717) is 10.7 Å². The molecule has 1 atom stereocenters. The second kappa shape index (κ2) is 7.17. The van der Waals surface area contributed by atoms with Crippen LogP contribution in [0.2, 0.25) is 5.02 Å². The minimum absolute atomic E-state index is 0.0231. The number of rotatable bonds is 6. The zero-order valence-corrected chi connectivity index (χ0v) is 16.1. The Morgan fingerprint density at radius 2 is 1.92 bits per heavy atom. The van der Waals surface area contributed by atoms with Crippen molar-refractivity contribution in [1.29, 1.82) is 0 Å². The number of amides is 1. The van der Waals surface area contributed by atoms with Gasteiger partial charge < -0.3 is 4.52 Å². The number of halogens is 1. The fraction of sp³-hybridized carbons (Fsp3) is 0.412.